The molecular formula is C9H17F2N3. The fraction of sp³-hybridized carbons (Fsp3) is 0.889. The average molecular weight is 205 g/mol. The van der Waals surface area contributed by atoms with Crippen molar-refractivity contribution >= 4 is 5.84 Å². The van der Waals surface area contributed by atoms with Gasteiger partial charge in [-0.3, -0.25) is 4.99 Å². The molecule has 1 saturated carbocycles. The van der Waals surface area contributed by atoms with Gasteiger partial charge in [0.2, 0.25) is 0 Å². The molecule has 1 aliphatic carbocycles. The number of nitrogens with one attached hydrogen (secondary N) is 1. The van der Waals surface area contributed by atoms with Crippen molar-refractivity contribution in [3.05, 3.63) is 0 Å². The third kappa shape index (κ3) is 2.41. The normalized spacial score (nSPS) is 27.0. The third-order valence-electron chi connectivity index (χ3n) is 2.39. The Kier molecular flexibility index (Phi) is 3.42. The van der Waals surface area contributed by atoms with Crippen molar-refractivity contribution in [2.75, 3.05) is 0 Å². The molecule has 14 heavy (non-hydrogen) atoms. The smallest absolute Gasteiger partial charge is 0.257 e. The predicted molar refractivity (Wildman–Crippen MR) is 52.2 cm³/mol. The van der Waals surface area contributed by atoms with Crippen LogP contribution in [0, 0.1) is 5.92 Å². The van der Waals surface area contributed by atoms with Crippen LogP contribution in [0.3, 0.4) is 0 Å². The summed E-state index contributed by atoms with van der Waals surface area (Å²) in [5, 5.41) is 0. The van der Waals surface area contributed by atoms with E-state index in [9.17, 15) is 8.78 Å². The molecule has 82 valence electrons. The fourth-order valence-corrected chi connectivity index (χ4v) is 1.77. The Balaban J connectivity index is 2.79. The van der Waals surface area contributed by atoms with Gasteiger partial charge >= 0.3 is 0 Å². The molecule has 3 nitrogen and oxygen atoms in total. The molecule has 3 N–H and O–H groups in total. The molecule has 0 spiro atoms. The van der Waals surface area contributed by atoms with E-state index in [1.807, 2.05) is 13.8 Å². The first kappa shape index (κ1) is 11.4. The standard InChI is InChI=1S/C9H17F2N3/c1-6(2)13-8(14-12)7-4-3-5-9(7,10)11/h6-7H,3-5,12H2,1-2H3,(H,13,14). The zero-order chi connectivity index (χ0) is 10.8. The number of hydrazine groups is 1. The SMILES string of the molecule is CC(C)N=C(NN)C1CCCC1(F)F. The number of alkyl halides is 2. The summed E-state index contributed by atoms with van der Waals surface area (Å²) in [5.41, 5.74) is 2.30. The maximum atomic E-state index is 13.3. The van der Waals surface area contributed by atoms with Gasteiger partial charge < -0.3 is 5.43 Å². The van der Waals surface area contributed by atoms with E-state index < -0.39 is 11.8 Å². The zero-order valence-corrected chi connectivity index (χ0v) is 8.56. The van der Waals surface area contributed by atoms with Crippen molar-refractivity contribution in [2.45, 2.75) is 45.1 Å². The summed E-state index contributed by atoms with van der Waals surface area (Å²) in [6, 6.07) is -0.0163. The molecular weight excluding hydrogens is 188 g/mol. The van der Waals surface area contributed by atoms with E-state index in [0.29, 0.717) is 12.8 Å². The lowest BCUT2D eigenvalue weighted by Gasteiger charge is -2.21. The first-order valence-corrected chi connectivity index (χ1v) is 4.89. The van der Waals surface area contributed by atoms with E-state index in [0.717, 1.165) is 0 Å². The summed E-state index contributed by atoms with van der Waals surface area (Å²) >= 11 is 0. The summed E-state index contributed by atoms with van der Waals surface area (Å²) in [5.74, 6) is 1.97. The van der Waals surface area contributed by atoms with E-state index in [2.05, 4.69) is 10.4 Å². The highest BCUT2D eigenvalue weighted by atomic mass is 19.3. The van der Waals surface area contributed by atoms with Crippen LogP contribution in [0.4, 0.5) is 8.78 Å². The number of hydrogen-bond acceptors (Lipinski definition) is 2. The molecule has 0 aromatic rings. The van der Waals surface area contributed by atoms with Crippen molar-refractivity contribution < 1.29 is 8.78 Å². The number of aliphatic imine (C=N–C) groups is 1. The molecule has 0 aromatic heterocycles. The number of amidine groups is 1. The van der Waals surface area contributed by atoms with E-state index in [-0.39, 0.29) is 18.3 Å². The highest BCUT2D eigenvalue weighted by Crippen LogP contribution is 2.40. The largest absolute Gasteiger partial charge is 0.312 e. The van der Waals surface area contributed by atoms with Crippen molar-refractivity contribution in [1.29, 1.82) is 0 Å². The molecule has 0 aliphatic heterocycles. The van der Waals surface area contributed by atoms with Crippen molar-refractivity contribution in [3.63, 3.8) is 0 Å². The van der Waals surface area contributed by atoms with Crippen LogP contribution in [-0.2, 0) is 0 Å². The maximum Gasteiger partial charge on any atom is 0.257 e. The van der Waals surface area contributed by atoms with E-state index in [4.69, 9.17) is 5.84 Å². The summed E-state index contributed by atoms with van der Waals surface area (Å²) in [6.07, 6.45) is 0.940. The summed E-state index contributed by atoms with van der Waals surface area (Å²) in [6.45, 7) is 3.68. The molecule has 0 amide bonds. The minimum absolute atomic E-state index is 0.0163. The predicted octanol–water partition coefficient (Wildman–Crippen LogP) is 1.69. The second-order valence-corrected chi connectivity index (χ2v) is 3.96. The lowest BCUT2D eigenvalue weighted by atomic mass is 10.0. The van der Waals surface area contributed by atoms with E-state index in [1.54, 1.807) is 0 Å². The topological polar surface area (TPSA) is 50.4 Å². The number of nitrogens with two attached hydrogens (primary N) is 1. The van der Waals surface area contributed by atoms with Crippen LogP contribution in [0.1, 0.15) is 33.1 Å². The molecule has 1 atom stereocenters. The van der Waals surface area contributed by atoms with Gasteiger partial charge in [0.25, 0.3) is 5.92 Å². The van der Waals surface area contributed by atoms with Gasteiger partial charge in [-0.1, -0.05) is 0 Å². The summed E-state index contributed by atoms with van der Waals surface area (Å²) in [7, 11) is 0. The van der Waals surface area contributed by atoms with Crippen LogP contribution in [0.2, 0.25) is 0 Å². The molecule has 1 fully saturated rings. The van der Waals surface area contributed by atoms with Crippen LogP contribution in [0.25, 0.3) is 0 Å². The van der Waals surface area contributed by atoms with Crippen molar-refractivity contribution in [3.8, 4) is 0 Å². The Morgan fingerprint density at radius 1 is 1.57 bits per heavy atom. The zero-order valence-electron chi connectivity index (χ0n) is 8.56. The van der Waals surface area contributed by atoms with Crippen LogP contribution >= 0.6 is 0 Å². The van der Waals surface area contributed by atoms with Gasteiger partial charge in [0, 0.05) is 12.5 Å². The van der Waals surface area contributed by atoms with Gasteiger partial charge in [-0.05, 0) is 26.7 Å². The van der Waals surface area contributed by atoms with Gasteiger partial charge in [0.15, 0.2) is 0 Å². The molecule has 1 rings (SSSR count). The van der Waals surface area contributed by atoms with Gasteiger partial charge in [-0.2, -0.15) is 0 Å². The number of rotatable bonds is 2. The summed E-state index contributed by atoms with van der Waals surface area (Å²) in [4.78, 5) is 4.07. The van der Waals surface area contributed by atoms with Gasteiger partial charge in [0.1, 0.15) is 5.84 Å². The van der Waals surface area contributed by atoms with Crippen molar-refractivity contribution in [1.82, 2.24) is 5.43 Å². The van der Waals surface area contributed by atoms with Crippen LogP contribution in [0.5, 0.6) is 0 Å². The number of halogens is 2. The van der Waals surface area contributed by atoms with Gasteiger partial charge in [-0.25, -0.2) is 14.6 Å². The molecule has 0 saturated heterocycles. The lowest BCUT2D eigenvalue weighted by molar-refractivity contribution is -0.0145. The van der Waals surface area contributed by atoms with Crippen molar-refractivity contribution in [2.24, 2.45) is 16.8 Å². The first-order chi connectivity index (χ1) is 6.47. The second kappa shape index (κ2) is 4.21. The maximum absolute atomic E-state index is 13.3. The highest BCUT2D eigenvalue weighted by Gasteiger charge is 2.46. The van der Waals surface area contributed by atoms with Gasteiger partial charge in [-0.15, -0.1) is 0 Å². The molecule has 5 heteroatoms. The summed E-state index contributed by atoms with van der Waals surface area (Å²) < 4.78 is 26.6. The molecule has 1 aliphatic rings. The Hall–Kier alpha value is -0.710. The minimum Gasteiger partial charge on any atom is -0.312 e. The number of nitrogens with zero attached hydrogens (tertiary/aromatic N) is 1. The Morgan fingerprint density at radius 3 is 2.57 bits per heavy atom. The monoisotopic (exact) mass is 205 g/mol. The molecule has 0 bridgehead atoms. The number of hydrogen-bond donors (Lipinski definition) is 2. The van der Waals surface area contributed by atoms with E-state index in [1.165, 1.54) is 0 Å². The minimum atomic E-state index is -2.65. The Labute approximate surface area is 82.7 Å². The quantitative estimate of drug-likeness (QED) is 0.312. The van der Waals surface area contributed by atoms with Crippen LogP contribution in [-0.4, -0.2) is 17.8 Å². The fourth-order valence-electron chi connectivity index (χ4n) is 1.77. The van der Waals surface area contributed by atoms with Crippen LogP contribution < -0.4 is 11.3 Å². The second-order valence-electron chi connectivity index (χ2n) is 3.96. The third-order valence-corrected chi connectivity index (χ3v) is 2.39. The molecule has 0 aromatic carbocycles. The highest BCUT2D eigenvalue weighted by molar-refractivity contribution is 5.85. The van der Waals surface area contributed by atoms with Gasteiger partial charge in [0.05, 0.1) is 5.92 Å². The first-order valence-electron chi connectivity index (χ1n) is 4.89. The average Bonchev–Trinajstić information content (AvgIpc) is 2.41. The Bertz CT molecular complexity index is 226. The van der Waals surface area contributed by atoms with Crippen LogP contribution in [0.15, 0.2) is 4.99 Å². The molecule has 0 heterocycles. The molecule has 0 radical (unpaired) electrons. The Morgan fingerprint density at radius 2 is 2.21 bits per heavy atom. The lowest BCUT2D eigenvalue weighted by Crippen LogP contribution is -2.42. The van der Waals surface area contributed by atoms with E-state index >= 15 is 0 Å². The molecule has 1 unspecified atom stereocenters.